The summed E-state index contributed by atoms with van der Waals surface area (Å²) in [6.45, 7) is 1.88. The van der Waals surface area contributed by atoms with Gasteiger partial charge in [0.15, 0.2) is 0 Å². The molecule has 0 saturated carbocycles. The molecule has 7 heteroatoms. The van der Waals surface area contributed by atoms with E-state index in [1.807, 2.05) is 6.92 Å². The molecule has 0 aliphatic heterocycles. The molecule has 0 aromatic heterocycles. The van der Waals surface area contributed by atoms with Crippen LogP contribution in [0.25, 0.3) is 0 Å². The molecule has 1 radical (unpaired) electrons. The van der Waals surface area contributed by atoms with Gasteiger partial charge in [-0.25, -0.2) is 9.59 Å². The highest BCUT2D eigenvalue weighted by molar-refractivity contribution is 6.49. The van der Waals surface area contributed by atoms with Gasteiger partial charge in [-0.05, 0) is 6.42 Å². The molecular weight excluding hydrogens is 216 g/mol. The summed E-state index contributed by atoms with van der Waals surface area (Å²) < 4.78 is 10.1. The maximum Gasteiger partial charge on any atom is 0.441 e. The molecule has 0 N–H and O–H groups in total. The first-order chi connectivity index (χ1) is 7.20. The summed E-state index contributed by atoms with van der Waals surface area (Å²) in [5.74, 6) is 0. The van der Waals surface area contributed by atoms with Crippen molar-refractivity contribution in [2.45, 2.75) is 25.1 Å². The van der Waals surface area contributed by atoms with Gasteiger partial charge in [0.2, 0.25) is 17.4 Å². The van der Waals surface area contributed by atoms with E-state index in [9.17, 15) is 9.59 Å². The molecule has 0 aliphatic carbocycles. The molecule has 0 spiro atoms. The van der Waals surface area contributed by atoms with E-state index in [-0.39, 0.29) is 0 Å². The van der Waals surface area contributed by atoms with Crippen molar-refractivity contribution in [3.05, 3.63) is 0 Å². The molecule has 83 valence electrons. The fourth-order valence-corrected chi connectivity index (χ4v) is 2.79. The number of aliphatic imine (C=N–C) groups is 2. The first-order valence-electron chi connectivity index (χ1n) is 4.34. The Morgan fingerprint density at radius 2 is 1.67 bits per heavy atom. The van der Waals surface area contributed by atoms with Gasteiger partial charge in [0.25, 0.3) is 0 Å². The van der Waals surface area contributed by atoms with Crippen molar-refractivity contribution in [2.75, 3.05) is 14.2 Å². The van der Waals surface area contributed by atoms with E-state index in [4.69, 9.17) is 8.85 Å². The van der Waals surface area contributed by atoms with E-state index >= 15 is 0 Å². The van der Waals surface area contributed by atoms with E-state index in [1.165, 1.54) is 26.4 Å². The lowest BCUT2D eigenvalue weighted by Gasteiger charge is -2.25. The summed E-state index contributed by atoms with van der Waals surface area (Å²) >= 11 is 0. The molecule has 0 heterocycles. The van der Waals surface area contributed by atoms with Gasteiger partial charge < -0.3 is 8.85 Å². The minimum atomic E-state index is -1.97. The zero-order chi connectivity index (χ0) is 11.7. The lowest BCUT2D eigenvalue weighted by atomic mass is 10.3. The summed E-state index contributed by atoms with van der Waals surface area (Å²) in [5, 5.41) is -1.27. The summed E-state index contributed by atoms with van der Waals surface area (Å²) in [5.41, 5.74) is 0. The third-order valence-corrected chi connectivity index (χ3v) is 3.63. The molecular formula is C8H13N2O4Si. The van der Waals surface area contributed by atoms with Crippen molar-refractivity contribution in [3.63, 3.8) is 0 Å². The summed E-state index contributed by atoms with van der Waals surface area (Å²) in [4.78, 5) is 27.7. The molecule has 0 aromatic rings. The van der Waals surface area contributed by atoms with Gasteiger partial charge in [0.1, 0.15) is 0 Å². The van der Waals surface area contributed by atoms with Gasteiger partial charge in [-0.15, -0.1) is 0 Å². The van der Waals surface area contributed by atoms with Gasteiger partial charge in [0, 0.05) is 14.2 Å². The van der Waals surface area contributed by atoms with Gasteiger partial charge in [-0.2, -0.15) is 9.98 Å². The highest BCUT2D eigenvalue weighted by Crippen LogP contribution is 2.23. The van der Waals surface area contributed by atoms with Crippen LogP contribution in [0, 0.1) is 0 Å². The lowest BCUT2D eigenvalue weighted by molar-refractivity contribution is 0.238. The molecule has 15 heavy (non-hydrogen) atoms. The highest BCUT2D eigenvalue weighted by Gasteiger charge is 2.44. The Bertz CT molecular complexity index is 262. The average Bonchev–Trinajstić information content (AvgIpc) is 2.20. The van der Waals surface area contributed by atoms with E-state index < -0.39 is 14.6 Å². The quantitative estimate of drug-likeness (QED) is 0.361. The highest BCUT2D eigenvalue weighted by atomic mass is 28.3. The molecule has 0 bridgehead atoms. The number of hydrogen-bond donors (Lipinski definition) is 0. The molecule has 0 rings (SSSR count). The Labute approximate surface area is 89.9 Å². The Hall–Kier alpha value is -1.10. The molecule has 0 atom stereocenters. The predicted molar refractivity (Wildman–Crippen MR) is 53.7 cm³/mol. The first-order valence-corrected chi connectivity index (χ1v) is 5.65. The predicted octanol–water partition coefficient (Wildman–Crippen LogP) is 0.475. The third kappa shape index (κ3) is 3.51. The molecule has 0 unspecified atom stereocenters. The van der Waals surface area contributed by atoms with Crippen LogP contribution in [0.5, 0.6) is 0 Å². The monoisotopic (exact) mass is 229 g/mol. The molecule has 0 saturated heterocycles. The Kier molecular flexibility index (Phi) is 6.69. The van der Waals surface area contributed by atoms with Crippen molar-refractivity contribution >= 4 is 21.4 Å². The van der Waals surface area contributed by atoms with Crippen molar-refractivity contribution in [1.82, 2.24) is 0 Å². The van der Waals surface area contributed by atoms with Crippen molar-refractivity contribution in [3.8, 4) is 0 Å². The minimum Gasteiger partial charge on any atom is -0.394 e. The standard InChI is InChI=1S/C8H13N2O4Si/c1-4-5-8(9-6-11,10-7-12)15(13-2)14-3/h4-5H2,1-3H3. The summed E-state index contributed by atoms with van der Waals surface area (Å²) in [6.07, 6.45) is 3.85. The van der Waals surface area contributed by atoms with Crippen molar-refractivity contribution in [2.24, 2.45) is 9.98 Å². The van der Waals surface area contributed by atoms with E-state index in [0.717, 1.165) is 0 Å². The van der Waals surface area contributed by atoms with Gasteiger partial charge in [-0.3, -0.25) is 0 Å². The molecule has 0 aromatic carbocycles. The van der Waals surface area contributed by atoms with Gasteiger partial charge in [-0.1, -0.05) is 13.3 Å². The SMILES string of the molecule is CCCC(N=C=O)(N=C=O)[Si](OC)OC. The maximum atomic E-state index is 10.3. The van der Waals surface area contributed by atoms with Crippen LogP contribution in [0.4, 0.5) is 0 Å². The average molecular weight is 229 g/mol. The Balaban J connectivity index is 5.25. The lowest BCUT2D eigenvalue weighted by Crippen LogP contribution is -2.46. The minimum absolute atomic E-state index is 0.382. The molecule has 0 fully saturated rings. The zero-order valence-electron chi connectivity index (χ0n) is 8.94. The summed E-state index contributed by atoms with van der Waals surface area (Å²) in [6, 6.07) is 0. The van der Waals surface area contributed by atoms with Crippen LogP contribution in [-0.4, -0.2) is 40.9 Å². The second-order valence-electron chi connectivity index (χ2n) is 2.67. The van der Waals surface area contributed by atoms with Crippen LogP contribution in [-0.2, 0) is 18.4 Å². The summed E-state index contributed by atoms with van der Waals surface area (Å²) in [7, 11) is 0.872. The molecule has 6 nitrogen and oxygen atoms in total. The largest absolute Gasteiger partial charge is 0.441 e. The fraction of sp³-hybridized carbons (Fsp3) is 0.750. The Morgan fingerprint density at radius 1 is 1.20 bits per heavy atom. The number of carbonyl (C=O) groups excluding carboxylic acids is 2. The van der Waals surface area contributed by atoms with Gasteiger partial charge in [0.05, 0.1) is 0 Å². The second kappa shape index (κ2) is 7.22. The smallest absolute Gasteiger partial charge is 0.394 e. The molecule has 0 aliphatic rings. The van der Waals surface area contributed by atoms with Crippen LogP contribution >= 0.6 is 0 Å². The van der Waals surface area contributed by atoms with Gasteiger partial charge >= 0.3 is 9.28 Å². The van der Waals surface area contributed by atoms with Crippen molar-refractivity contribution < 1.29 is 18.4 Å². The second-order valence-corrected chi connectivity index (χ2v) is 4.86. The van der Waals surface area contributed by atoms with E-state index in [1.54, 1.807) is 0 Å². The van der Waals surface area contributed by atoms with Crippen molar-refractivity contribution in [1.29, 1.82) is 0 Å². The van der Waals surface area contributed by atoms with E-state index in [0.29, 0.717) is 12.8 Å². The van der Waals surface area contributed by atoms with E-state index in [2.05, 4.69) is 9.98 Å². The molecule has 0 amide bonds. The van der Waals surface area contributed by atoms with Crippen LogP contribution in [0.2, 0.25) is 0 Å². The zero-order valence-corrected chi connectivity index (χ0v) is 9.94. The number of isocyanates is 2. The normalized spacial score (nSPS) is 13.9. The Morgan fingerprint density at radius 3 is 1.93 bits per heavy atom. The first kappa shape index (κ1) is 13.9. The fourth-order valence-electron chi connectivity index (χ4n) is 1.24. The third-order valence-electron chi connectivity index (χ3n) is 1.76. The number of rotatable bonds is 7. The van der Waals surface area contributed by atoms with Crippen LogP contribution in [0.1, 0.15) is 19.8 Å². The van der Waals surface area contributed by atoms with Crippen LogP contribution in [0.3, 0.4) is 0 Å². The maximum absolute atomic E-state index is 10.3. The topological polar surface area (TPSA) is 77.3 Å². The van der Waals surface area contributed by atoms with Crippen LogP contribution < -0.4 is 0 Å². The van der Waals surface area contributed by atoms with Crippen LogP contribution in [0.15, 0.2) is 9.98 Å². The number of hydrogen-bond acceptors (Lipinski definition) is 6. The number of nitrogens with zero attached hydrogens (tertiary/aromatic N) is 2.